The van der Waals surface area contributed by atoms with Gasteiger partial charge in [-0.05, 0) is 0 Å². The molecule has 0 bridgehead atoms. The van der Waals surface area contributed by atoms with Crippen molar-refractivity contribution < 1.29 is 101 Å². The van der Waals surface area contributed by atoms with E-state index in [1.807, 2.05) is 0 Å². The zero-order chi connectivity index (χ0) is 28.2. The number of hydrogen-bond acceptors (Lipinski definition) is 1. The van der Waals surface area contributed by atoms with E-state index in [9.17, 15) is 96.6 Å². The van der Waals surface area contributed by atoms with Gasteiger partial charge in [-0.1, -0.05) is 0 Å². The molecule has 23 heteroatoms. The average Bonchev–Trinajstić information content (AvgIpc) is 2.58. The summed E-state index contributed by atoms with van der Waals surface area (Å²) in [6.45, 7) is 0. The van der Waals surface area contributed by atoms with Crippen LogP contribution in [0.3, 0.4) is 0 Å². The summed E-state index contributed by atoms with van der Waals surface area (Å²) in [7, 11) is 0. The summed E-state index contributed by atoms with van der Waals surface area (Å²) in [5.74, 6) is -81.5. The second-order valence-corrected chi connectivity index (χ2v) is 6.31. The minimum atomic E-state index is -9.24. The van der Waals surface area contributed by atoms with Crippen molar-refractivity contribution in [3.63, 3.8) is 0 Å². The molecule has 1 heterocycles. The van der Waals surface area contributed by atoms with Gasteiger partial charge in [0.2, 0.25) is 0 Å². The normalized spacial score (nSPS) is 33.7. The van der Waals surface area contributed by atoms with Crippen LogP contribution in [0, 0.1) is 0 Å². The Morgan fingerprint density at radius 1 is 0.206 bits per heavy atom. The highest BCUT2D eigenvalue weighted by atomic mass is 19.4. The molecule has 1 rings (SSSR count). The topological polar surface area (TPSA) is 9.23 Å². The van der Waals surface area contributed by atoms with Gasteiger partial charge in [-0.3, -0.25) is 0 Å². The fraction of sp³-hybridized carbons (Fsp3) is 1.00. The summed E-state index contributed by atoms with van der Waals surface area (Å²) >= 11 is 0. The molecule has 1 saturated heterocycles. The number of rotatable bonds is 0. The van der Waals surface area contributed by atoms with Crippen LogP contribution in [-0.4, -0.2) is 65.5 Å². The van der Waals surface area contributed by atoms with Gasteiger partial charge in [0.25, 0.3) is 0 Å². The molecule has 0 spiro atoms. The molecule has 0 saturated carbocycles. The lowest BCUT2D eigenvalue weighted by Gasteiger charge is -2.47. The minimum Gasteiger partial charge on any atom is -0.245 e. The van der Waals surface area contributed by atoms with E-state index >= 15 is 0 Å². The van der Waals surface area contributed by atoms with Crippen molar-refractivity contribution in [2.45, 2.75) is 65.5 Å². The Hall–Kier alpha value is -1.58. The van der Waals surface area contributed by atoms with Gasteiger partial charge < -0.3 is 0 Å². The first-order valence-electron chi connectivity index (χ1n) is 7.07. The highest BCUT2D eigenvalue weighted by molar-refractivity contribution is 5.19. The largest absolute Gasteiger partial charge is 0.430 e. The maximum absolute atomic E-state index is 13.3. The Bertz CT molecular complexity index is 742. The van der Waals surface area contributed by atoms with Gasteiger partial charge in [-0.15, -0.1) is 0 Å². The zero-order valence-corrected chi connectivity index (χ0v) is 14.2. The number of halogens is 22. The summed E-state index contributed by atoms with van der Waals surface area (Å²) in [6.07, 6.45) is -16.9. The standard InChI is InChI=1S/C11F22O/c12-1(13)2(14,15)4(18,19)6(22,23)8(26,27)10(30,31)34-11(32,33)9(28,29)7(24,25)5(20,21)3(1,16)17. The fourth-order valence-corrected chi connectivity index (χ4v) is 2.03. The molecular weight excluding hydrogens is 566 g/mol. The lowest BCUT2D eigenvalue weighted by atomic mass is 9.85. The molecule has 0 unspecified atom stereocenters. The van der Waals surface area contributed by atoms with Crippen molar-refractivity contribution in [1.29, 1.82) is 0 Å². The number of alkyl halides is 22. The van der Waals surface area contributed by atoms with Gasteiger partial charge in [-0.25, -0.2) is 4.74 Å². The van der Waals surface area contributed by atoms with E-state index in [1.165, 1.54) is 0 Å². The monoisotopic (exact) mass is 566 g/mol. The van der Waals surface area contributed by atoms with E-state index in [1.54, 1.807) is 0 Å². The van der Waals surface area contributed by atoms with E-state index in [0.29, 0.717) is 0 Å². The lowest BCUT2D eigenvalue weighted by molar-refractivity contribution is -0.539. The van der Waals surface area contributed by atoms with Crippen molar-refractivity contribution in [1.82, 2.24) is 0 Å². The second-order valence-electron chi connectivity index (χ2n) is 6.31. The van der Waals surface area contributed by atoms with Gasteiger partial charge in [0.15, 0.2) is 0 Å². The predicted octanol–water partition coefficient (Wildman–Crippen LogP) is 6.92. The number of ether oxygens (including phenoxy) is 1. The summed E-state index contributed by atoms with van der Waals surface area (Å²) in [4.78, 5) is 0. The molecule has 34 heavy (non-hydrogen) atoms. The molecular formula is C11F22O. The van der Waals surface area contributed by atoms with Crippen molar-refractivity contribution in [2.24, 2.45) is 0 Å². The van der Waals surface area contributed by atoms with Gasteiger partial charge in [0.05, 0.1) is 0 Å². The molecule has 0 atom stereocenters. The number of hydrogen-bond donors (Lipinski definition) is 0. The van der Waals surface area contributed by atoms with Crippen LogP contribution in [0.5, 0.6) is 0 Å². The smallest absolute Gasteiger partial charge is 0.245 e. The van der Waals surface area contributed by atoms with Gasteiger partial charge >= 0.3 is 65.5 Å². The van der Waals surface area contributed by atoms with Crippen LogP contribution >= 0.6 is 0 Å². The molecule has 0 aromatic rings. The average molecular weight is 566 g/mol. The lowest BCUT2D eigenvalue weighted by Crippen LogP contribution is -2.79. The molecule has 0 N–H and O–H groups in total. The molecule has 1 nitrogen and oxygen atoms in total. The molecule has 0 radical (unpaired) electrons. The van der Waals surface area contributed by atoms with E-state index in [0.717, 1.165) is 4.74 Å². The Kier molecular flexibility index (Phi) is 6.08. The SMILES string of the molecule is FC1(F)OC(F)(F)C(F)(F)C(F)(F)C(F)(F)C(F)(F)C(F)(F)C(F)(F)C(F)(F)C(F)(F)C1(F)F. The van der Waals surface area contributed by atoms with E-state index in [-0.39, 0.29) is 0 Å². The van der Waals surface area contributed by atoms with Crippen LogP contribution in [0.2, 0.25) is 0 Å². The third kappa shape index (κ3) is 2.95. The first-order valence-corrected chi connectivity index (χ1v) is 7.07. The Labute approximate surface area is 168 Å². The van der Waals surface area contributed by atoms with Crippen LogP contribution in [0.4, 0.5) is 96.6 Å². The third-order valence-electron chi connectivity index (χ3n) is 4.14. The Morgan fingerprint density at radius 3 is 0.471 bits per heavy atom. The summed E-state index contributed by atoms with van der Waals surface area (Å²) in [5.41, 5.74) is 0. The minimum absolute atomic E-state index is 0.904. The summed E-state index contributed by atoms with van der Waals surface area (Å²) in [5, 5.41) is 0. The predicted molar refractivity (Wildman–Crippen MR) is 55.5 cm³/mol. The van der Waals surface area contributed by atoms with Crippen LogP contribution in [0.15, 0.2) is 0 Å². The first-order chi connectivity index (χ1) is 14.2. The molecule has 1 fully saturated rings. The third-order valence-corrected chi connectivity index (χ3v) is 4.14. The maximum atomic E-state index is 13.3. The molecule has 0 amide bonds. The van der Waals surface area contributed by atoms with Crippen LogP contribution in [-0.2, 0) is 4.74 Å². The van der Waals surface area contributed by atoms with Gasteiger partial charge in [0.1, 0.15) is 0 Å². The Morgan fingerprint density at radius 2 is 0.324 bits per heavy atom. The molecule has 0 aliphatic carbocycles. The van der Waals surface area contributed by atoms with Crippen molar-refractivity contribution in [2.75, 3.05) is 0 Å². The van der Waals surface area contributed by atoms with Crippen LogP contribution < -0.4 is 0 Å². The van der Waals surface area contributed by atoms with E-state index < -0.39 is 65.5 Å². The summed E-state index contributed by atoms with van der Waals surface area (Å²) < 4.78 is 292. The van der Waals surface area contributed by atoms with Gasteiger partial charge in [0, 0.05) is 0 Å². The van der Waals surface area contributed by atoms with E-state index in [2.05, 4.69) is 0 Å². The quantitative estimate of drug-likeness (QED) is 0.290. The zero-order valence-electron chi connectivity index (χ0n) is 14.2. The van der Waals surface area contributed by atoms with Crippen molar-refractivity contribution >= 4 is 0 Å². The fourth-order valence-electron chi connectivity index (χ4n) is 2.03. The van der Waals surface area contributed by atoms with Crippen LogP contribution in [0.1, 0.15) is 0 Å². The summed E-state index contributed by atoms with van der Waals surface area (Å²) in [6, 6.07) is 0. The van der Waals surface area contributed by atoms with Crippen LogP contribution in [0.25, 0.3) is 0 Å². The second kappa shape index (κ2) is 6.79. The molecule has 0 aromatic heterocycles. The first kappa shape index (κ1) is 30.5. The molecule has 204 valence electrons. The maximum Gasteiger partial charge on any atom is 0.430 e. The molecule has 1 aliphatic heterocycles. The molecule has 1 aliphatic rings. The Balaban J connectivity index is 4.35. The highest BCUT2D eigenvalue weighted by Crippen LogP contribution is 2.68. The highest BCUT2D eigenvalue weighted by Gasteiger charge is 3.00. The van der Waals surface area contributed by atoms with Crippen molar-refractivity contribution in [3.05, 3.63) is 0 Å². The van der Waals surface area contributed by atoms with Crippen molar-refractivity contribution in [3.8, 4) is 0 Å². The van der Waals surface area contributed by atoms with Gasteiger partial charge in [-0.2, -0.15) is 96.6 Å². The van der Waals surface area contributed by atoms with E-state index in [4.69, 9.17) is 0 Å². The molecule has 0 aromatic carbocycles.